The second kappa shape index (κ2) is 13.7. The topological polar surface area (TPSA) is 30.3 Å². The number of benzene rings is 4. The number of imidazole rings is 1. The van der Waals surface area contributed by atoms with Gasteiger partial charge in [-0.15, -0.1) is 0 Å². The summed E-state index contributed by atoms with van der Waals surface area (Å²) in [5.41, 5.74) is 6.60. The lowest BCUT2D eigenvalue weighted by Crippen LogP contribution is -2.24. The maximum absolute atomic E-state index is 14.1. The van der Waals surface area contributed by atoms with Gasteiger partial charge >= 0.3 is 0 Å². The number of hydrogen-bond donors (Lipinski definition) is 0. The first-order chi connectivity index (χ1) is 20.1. The van der Waals surface area contributed by atoms with Gasteiger partial charge < -0.3 is 9.30 Å². The van der Waals surface area contributed by atoms with Gasteiger partial charge in [-0.05, 0) is 57.7 Å². The smallest absolute Gasteiger partial charge is 0.140 e. The van der Waals surface area contributed by atoms with Gasteiger partial charge in [0.15, 0.2) is 0 Å². The SMILES string of the molecule is CCCCn1c(-c2ccccc2)nc(-c2ccccc2)c1CN(Cc1ccc(OC)cc1)Cc1ccc(F)c(Br)c1. The number of rotatable bonds is 12. The normalized spacial score (nSPS) is 11.2. The van der Waals surface area contributed by atoms with Gasteiger partial charge in [0.05, 0.1) is 23.0 Å². The van der Waals surface area contributed by atoms with E-state index in [-0.39, 0.29) is 5.82 Å². The molecule has 0 saturated heterocycles. The molecule has 0 bridgehead atoms. The van der Waals surface area contributed by atoms with E-state index < -0.39 is 0 Å². The fraction of sp³-hybridized carbons (Fsp3) is 0.229. The Balaban J connectivity index is 1.60. The molecule has 0 unspecified atom stereocenters. The minimum atomic E-state index is -0.257. The Morgan fingerprint density at radius 2 is 1.44 bits per heavy atom. The maximum Gasteiger partial charge on any atom is 0.140 e. The van der Waals surface area contributed by atoms with Crippen LogP contribution in [0.1, 0.15) is 36.6 Å². The molecule has 0 spiro atoms. The molecule has 0 amide bonds. The Hall–Kier alpha value is -3.74. The first-order valence-electron chi connectivity index (χ1n) is 14.0. The number of ether oxygens (including phenoxy) is 1. The molecule has 0 aliphatic carbocycles. The predicted molar refractivity (Wildman–Crippen MR) is 168 cm³/mol. The molecule has 0 atom stereocenters. The molecule has 1 aromatic heterocycles. The Morgan fingerprint density at radius 3 is 2.07 bits per heavy atom. The van der Waals surface area contributed by atoms with Gasteiger partial charge in [-0.3, -0.25) is 4.90 Å². The molecule has 4 nitrogen and oxygen atoms in total. The van der Waals surface area contributed by atoms with Crippen LogP contribution < -0.4 is 4.74 Å². The Morgan fingerprint density at radius 1 is 0.805 bits per heavy atom. The summed E-state index contributed by atoms with van der Waals surface area (Å²) in [4.78, 5) is 7.69. The van der Waals surface area contributed by atoms with Crippen LogP contribution in [0.15, 0.2) is 108 Å². The van der Waals surface area contributed by atoms with E-state index in [1.807, 2.05) is 36.4 Å². The van der Waals surface area contributed by atoms with Crippen molar-refractivity contribution in [2.75, 3.05) is 7.11 Å². The summed E-state index contributed by atoms with van der Waals surface area (Å²) in [6.45, 7) is 5.15. The van der Waals surface area contributed by atoms with Crippen LogP contribution in [0.5, 0.6) is 5.75 Å². The lowest BCUT2D eigenvalue weighted by Gasteiger charge is -2.25. The van der Waals surface area contributed by atoms with E-state index in [1.54, 1.807) is 7.11 Å². The number of unbranched alkanes of at least 4 members (excludes halogenated alkanes) is 1. The molecule has 0 aliphatic heterocycles. The molecule has 0 radical (unpaired) electrons. The van der Waals surface area contributed by atoms with E-state index in [2.05, 4.69) is 93.0 Å². The highest BCUT2D eigenvalue weighted by molar-refractivity contribution is 9.10. The van der Waals surface area contributed by atoms with Gasteiger partial charge in [-0.1, -0.05) is 92.2 Å². The van der Waals surface area contributed by atoms with Crippen molar-refractivity contribution >= 4 is 15.9 Å². The fourth-order valence-electron chi connectivity index (χ4n) is 5.10. The first-order valence-corrected chi connectivity index (χ1v) is 14.8. The van der Waals surface area contributed by atoms with Crippen LogP contribution in [0, 0.1) is 5.82 Å². The highest BCUT2D eigenvalue weighted by atomic mass is 79.9. The van der Waals surface area contributed by atoms with Crippen molar-refractivity contribution in [2.45, 2.75) is 45.9 Å². The molecule has 41 heavy (non-hydrogen) atoms. The molecule has 6 heteroatoms. The molecule has 0 N–H and O–H groups in total. The zero-order valence-electron chi connectivity index (χ0n) is 23.6. The number of aromatic nitrogens is 2. The molecular formula is C35H35BrFN3O. The monoisotopic (exact) mass is 611 g/mol. The van der Waals surface area contributed by atoms with Crippen molar-refractivity contribution in [1.29, 1.82) is 0 Å². The predicted octanol–water partition coefficient (Wildman–Crippen LogP) is 9.13. The Bertz CT molecular complexity index is 1550. The van der Waals surface area contributed by atoms with Crippen LogP contribution in [0.4, 0.5) is 4.39 Å². The molecule has 5 aromatic rings. The van der Waals surface area contributed by atoms with Gasteiger partial charge in [0, 0.05) is 37.3 Å². The molecule has 5 rings (SSSR count). The van der Waals surface area contributed by atoms with Gasteiger partial charge in [0.2, 0.25) is 0 Å². The largest absolute Gasteiger partial charge is 0.497 e. The third-order valence-corrected chi connectivity index (χ3v) is 7.82. The van der Waals surface area contributed by atoms with E-state index in [4.69, 9.17) is 9.72 Å². The van der Waals surface area contributed by atoms with Crippen LogP contribution in [-0.4, -0.2) is 21.6 Å². The second-order valence-corrected chi connectivity index (χ2v) is 11.1. The van der Waals surface area contributed by atoms with Crippen molar-refractivity contribution in [3.8, 4) is 28.4 Å². The Labute approximate surface area is 250 Å². The summed E-state index contributed by atoms with van der Waals surface area (Å²) in [6, 6.07) is 34.4. The molecule has 4 aromatic carbocycles. The third kappa shape index (κ3) is 7.13. The van der Waals surface area contributed by atoms with Crippen LogP contribution in [-0.2, 0) is 26.2 Å². The van der Waals surface area contributed by atoms with E-state index in [0.29, 0.717) is 24.1 Å². The summed E-state index contributed by atoms with van der Waals surface area (Å²) in [5.74, 6) is 1.56. The lowest BCUT2D eigenvalue weighted by molar-refractivity contribution is 0.241. The van der Waals surface area contributed by atoms with Gasteiger partial charge in [0.1, 0.15) is 17.4 Å². The summed E-state index contributed by atoms with van der Waals surface area (Å²) in [6.07, 6.45) is 2.15. The highest BCUT2D eigenvalue weighted by Crippen LogP contribution is 2.32. The average Bonchev–Trinajstić information content (AvgIpc) is 3.36. The highest BCUT2D eigenvalue weighted by Gasteiger charge is 2.22. The van der Waals surface area contributed by atoms with Crippen molar-refractivity contribution in [3.63, 3.8) is 0 Å². The zero-order valence-corrected chi connectivity index (χ0v) is 25.1. The van der Waals surface area contributed by atoms with Crippen LogP contribution in [0.25, 0.3) is 22.6 Å². The summed E-state index contributed by atoms with van der Waals surface area (Å²) in [5, 5.41) is 0. The maximum atomic E-state index is 14.1. The number of nitrogens with zero attached hydrogens (tertiary/aromatic N) is 3. The Kier molecular flexibility index (Phi) is 9.65. The number of halogens is 2. The average molecular weight is 613 g/mol. The first kappa shape index (κ1) is 28.8. The summed E-state index contributed by atoms with van der Waals surface area (Å²) >= 11 is 3.38. The summed E-state index contributed by atoms with van der Waals surface area (Å²) in [7, 11) is 1.68. The van der Waals surface area contributed by atoms with Crippen molar-refractivity contribution in [1.82, 2.24) is 14.5 Å². The van der Waals surface area contributed by atoms with E-state index in [1.165, 1.54) is 17.3 Å². The van der Waals surface area contributed by atoms with Crippen molar-refractivity contribution < 1.29 is 9.13 Å². The summed E-state index contributed by atoms with van der Waals surface area (Å²) < 4.78 is 22.4. The van der Waals surface area contributed by atoms with Gasteiger partial charge in [-0.25, -0.2) is 9.37 Å². The fourth-order valence-corrected chi connectivity index (χ4v) is 5.53. The molecule has 0 aliphatic rings. The van der Waals surface area contributed by atoms with E-state index in [9.17, 15) is 4.39 Å². The third-order valence-electron chi connectivity index (χ3n) is 7.22. The standard InChI is InChI=1S/C35H35BrFN3O/c1-3-4-21-40-33(34(28-11-7-5-8-12-28)38-35(40)29-13-9-6-10-14-29)25-39(23-26-15-18-30(41-2)19-16-26)24-27-17-20-32(37)31(36)22-27/h5-20,22H,3-4,21,23-25H2,1-2H3. The number of hydrogen-bond acceptors (Lipinski definition) is 3. The number of methoxy groups -OCH3 is 1. The van der Waals surface area contributed by atoms with Gasteiger partial charge in [-0.2, -0.15) is 0 Å². The lowest BCUT2D eigenvalue weighted by atomic mass is 10.1. The van der Waals surface area contributed by atoms with Crippen LogP contribution >= 0.6 is 15.9 Å². The van der Waals surface area contributed by atoms with Crippen LogP contribution in [0.2, 0.25) is 0 Å². The molecule has 210 valence electrons. The molecule has 0 saturated carbocycles. The van der Waals surface area contributed by atoms with E-state index in [0.717, 1.165) is 53.3 Å². The molecular weight excluding hydrogens is 577 g/mol. The minimum absolute atomic E-state index is 0.257. The quantitative estimate of drug-likeness (QED) is 0.141. The van der Waals surface area contributed by atoms with Gasteiger partial charge in [0.25, 0.3) is 0 Å². The zero-order chi connectivity index (χ0) is 28.6. The minimum Gasteiger partial charge on any atom is -0.497 e. The van der Waals surface area contributed by atoms with Crippen LogP contribution in [0.3, 0.4) is 0 Å². The molecule has 0 fully saturated rings. The molecule has 1 heterocycles. The van der Waals surface area contributed by atoms with Crippen molar-refractivity contribution in [2.24, 2.45) is 0 Å². The van der Waals surface area contributed by atoms with Crippen molar-refractivity contribution in [3.05, 3.63) is 130 Å². The van der Waals surface area contributed by atoms with E-state index >= 15 is 0 Å². The second-order valence-electron chi connectivity index (χ2n) is 10.2.